The number of pyridine rings is 1. The zero-order valence-corrected chi connectivity index (χ0v) is 16.9. The number of aliphatic imine (C=N–C) groups is 1. The van der Waals surface area contributed by atoms with Crippen LogP contribution in [0.5, 0.6) is 0 Å². The number of aryl methyl sites for hydroxylation is 1. The molecule has 1 fully saturated rings. The number of nitrogens with one attached hydrogen (secondary N) is 1. The third-order valence-electron chi connectivity index (χ3n) is 5.57. The number of rotatable bonds is 3. The molecule has 2 aromatic rings. The first-order valence-electron chi connectivity index (χ1n) is 10.3. The van der Waals surface area contributed by atoms with E-state index in [1.807, 2.05) is 47.5 Å². The van der Waals surface area contributed by atoms with Crippen LogP contribution in [0.15, 0.2) is 53.7 Å². The summed E-state index contributed by atoms with van der Waals surface area (Å²) >= 11 is 0. The number of benzene rings is 1. The van der Waals surface area contributed by atoms with Crippen LogP contribution in [0.25, 0.3) is 0 Å². The third-order valence-corrected chi connectivity index (χ3v) is 5.57. The number of para-hydroxylation sites is 1. The molecule has 0 aliphatic carbocycles. The lowest BCUT2D eigenvalue weighted by atomic mass is 10.0. The molecule has 0 radical (unpaired) electrons. The number of hydrogen-bond acceptors (Lipinski definition) is 4. The Kier molecular flexibility index (Phi) is 5.93. The average molecular weight is 393 g/mol. The molecule has 0 unspecified atom stereocenters. The number of carbonyl (C=O) groups is 1. The molecule has 1 amide bonds. The van der Waals surface area contributed by atoms with E-state index in [4.69, 9.17) is 0 Å². The van der Waals surface area contributed by atoms with E-state index in [0.29, 0.717) is 0 Å². The molecule has 2 aliphatic rings. The van der Waals surface area contributed by atoms with Crippen LogP contribution in [0, 0.1) is 0 Å². The van der Waals surface area contributed by atoms with Gasteiger partial charge in [0.25, 0.3) is 0 Å². The summed E-state index contributed by atoms with van der Waals surface area (Å²) in [5, 5.41) is 3.27. The van der Waals surface area contributed by atoms with Gasteiger partial charge in [-0.05, 0) is 36.6 Å². The summed E-state index contributed by atoms with van der Waals surface area (Å²) in [6.07, 6.45) is 3.87. The largest absolute Gasteiger partial charge is 0.353 e. The van der Waals surface area contributed by atoms with Crippen molar-refractivity contribution in [3.8, 4) is 0 Å². The van der Waals surface area contributed by atoms with Gasteiger partial charge in [0.05, 0.1) is 6.54 Å². The van der Waals surface area contributed by atoms with E-state index < -0.39 is 0 Å². The molecule has 1 saturated heterocycles. The van der Waals surface area contributed by atoms with Crippen molar-refractivity contribution in [2.24, 2.45) is 4.99 Å². The van der Waals surface area contributed by atoms with E-state index >= 15 is 0 Å². The molecular weight excluding hydrogens is 364 g/mol. The van der Waals surface area contributed by atoms with Gasteiger partial charge < -0.3 is 20.0 Å². The highest BCUT2D eigenvalue weighted by molar-refractivity contribution is 5.98. The van der Waals surface area contributed by atoms with Crippen molar-refractivity contribution in [3.63, 3.8) is 0 Å². The number of aromatic nitrogens is 1. The zero-order valence-electron chi connectivity index (χ0n) is 16.9. The SMILES string of the molecule is CN=C(NCC(=O)N1CCCc2ccccc21)N1CCN(c2ccccn2)CC1. The minimum Gasteiger partial charge on any atom is -0.353 e. The summed E-state index contributed by atoms with van der Waals surface area (Å²) in [4.78, 5) is 28.1. The van der Waals surface area contributed by atoms with Crippen molar-refractivity contribution in [1.82, 2.24) is 15.2 Å². The van der Waals surface area contributed by atoms with Gasteiger partial charge in [-0.2, -0.15) is 0 Å². The molecule has 29 heavy (non-hydrogen) atoms. The highest BCUT2D eigenvalue weighted by atomic mass is 16.2. The normalized spacial score (nSPS) is 17.1. The van der Waals surface area contributed by atoms with Gasteiger partial charge in [-0.3, -0.25) is 9.79 Å². The highest BCUT2D eigenvalue weighted by Crippen LogP contribution is 2.26. The third kappa shape index (κ3) is 4.34. The predicted molar refractivity (Wildman–Crippen MR) is 117 cm³/mol. The number of hydrogen-bond donors (Lipinski definition) is 1. The first kappa shape index (κ1) is 19.2. The molecular formula is C22H28N6O. The van der Waals surface area contributed by atoms with Gasteiger partial charge in [0, 0.05) is 51.7 Å². The van der Waals surface area contributed by atoms with Crippen LogP contribution in [0.1, 0.15) is 12.0 Å². The predicted octanol–water partition coefficient (Wildman–Crippen LogP) is 1.76. The van der Waals surface area contributed by atoms with E-state index in [1.165, 1.54) is 5.56 Å². The molecule has 7 nitrogen and oxygen atoms in total. The quantitative estimate of drug-likeness (QED) is 0.637. The van der Waals surface area contributed by atoms with Crippen molar-refractivity contribution in [2.75, 3.05) is 56.1 Å². The van der Waals surface area contributed by atoms with E-state index in [0.717, 1.165) is 63.0 Å². The summed E-state index contributed by atoms with van der Waals surface area (Å²) < 4.78 is 0. The molecule has 0 spiro atoms. The second-order valence-corrected chi connectivity index (χ2v) is 7.34. The molecule has 7 heteroatoms. The van der Waals surface area contributed by atoms with Crippen molar-refractivity contribution in [1.29, 1.82) is 0 Å². The fourth-order valence-corrected chi connectivity index (χ4v) is 4.06. The second kappa shape index (κ2) is 8.94. The summed E-state index contributed by atoms with van der Waals surface area (Å²) in [5.74, 6) is 1.88. The molecule has 0 saturated carbocycles. The fraction of sp³-hybridized carbons (Fsp3) is 0.409. The summed E-state index contributed by atoms with van der Waals surface area (Å²) in [6, 6.07) is 14.2. The number of piperazine rings is 1. The smallest absolute Gasteiger partial charge is 0.246 e. The number of anilines is 2. The van der Waals surface area contributed by atoms with Crippen LogP contribution < -0.4 is 15.1 Å². The number of carbonyl (C=O) groups excluding carboxylic acids is 1. The molecule has 1 N–H and O–H groups in total. The van der Waals surface area contributed by atoms with E-state index in [1.54, 1.807) is 7.05 Å². The van der Waals surface area contributed by atoms with Crippen LogP contribution in [0.3, 0.4) is 0 Å². The fourth-order valence-electron chi connectivity index (χ4n) is 4.06. The lowest BCUT2D eigenvalue weighted by molar-refractivity contribution is -0.117. The van der Waals surface area contributed by atoms with E-state index in [2.05, 4.69) is 31.2 Å². The zero-order chi connectivity index (χ0) is 20.1. The topological polar surface area (TPSA) is 64.1 Å². The Bertz CT molecular complexity index is 861. The Morgan fingerprint density at radius 1 is 1.07 bits per heavy atom. The van der Waals surface area contributed by atoms with Crippen molar-refractivity contribution < 1.29 is 4.79 Å². The minimum absolute atomic E-state index is 0.0884. The van der Waals surface area contributed by atoms with Crippen LogP contribution >= 0.6 is 0 Å². The van der Waals surface area contributed by atoms with Gasteiger partial charge in [0.1, 0.15) is 5.82 Å². The summed E-state index contributed by atoms with van der Waals surface area (Å²) in [7, 11) is 1.77. The molecule has 4 rings (SSSR count). The molecule has 1 aromatic carbocycles. The molecule has 3 heterocycles. The van der Waals surface area contributed by atoms with E-state index in [-0.39, 0.29) is 12.5 Å². The maximum atomic E-state index is 12.9. The Labute approximate surface area is 172 Å². The summed E-state index contributed by atoms with van der Waals surface area (Å²) in [6.45, 7) is 4.48. The van der Waals surface area contributed by atoms with Crippen molar-refractivity contribution in [2.45, 2.75) is 12.8 Å². The maximum Gasteiger partial charge on any atom is 0.246 e. The minimum atomic E-state index is 0.0884. The Morgan fingerprint density at radius 3 is 2.62 bits per heavy atom. The lowest BCUT2D eigenvalue weighted by Crippen LogP contribution is -2.54. The first-order chi connectivity index (χ1) is 14.3. The molecule has 152 valence electrons. The van der Waals surface area contributed by atoms with E-state index in [9.17, 15) is 4.79 Å². The first-order valence-corrected chi connectivity index (χ1v) is 10.3. The van der Waals surface area contributed by atoms with Gasteiger partial charge in [-0.1, -0.05) is 24.3 Å². The number of amides is 1. The second-order valence-electron chi connectivity index (χ2n) is 7.34. The van der Waals surface area contributed by atoms with Crippen LogP contribution in [0.4, 0.5) is 11.5 Å². The van der Waals surface area contributed by atoms with Crippen LogP contribution in [0.2, 0.25) is 0 Å². The number of fused-ring (bicyclic) bond motifs is 1. The Morgan fingerprint density at radius 2 is 1.86 bits per heavy atom. The van der Waals surface area contributed by atoms with Crippen molar-refractivity contribution >= 4 is 23.4 Å². The molecule has 0 atom stereocenters. The van der Waals surface area contributed by atoms with Gasteiger partial charge in [0.15, 0.2) is 5.96 Å². The van der Waals surface area contributed by atoms with Crippen LogP contribution in [-0.2, 0) is 11.2 Å². The van der Waals surface area contributed by atoms with Crippen LogP contribution in [-0.4, -0.2) is 68.1 Å². The van der Waals surface area contributed by atoms with Gasteiger partial charge >= 0.3 is 0 Å². The highest BCUT2D eigenvalue weighted by Gasteiger charge is 2.24. The number of guanidine groups is 1. The average Bonchev–Trinajstić information content (AvgIpc) is 2.80. The monoisotopic (exact) mass is 392 g/mol. The molecule has 2 aliphatic heterocycles. The van der Waals surface area contributed by atoms with Gasteiger partial charge in [-0.15, -0.1) is 0 Å². The van der Waals surface area contributed by atoms with Gasteiger partial charge in [0.2, 0.25) is 5.91 Å². The molecule has 1 aromatic heterocycles. The molecule has 0 bridgehead atoms. The lowest BCUT2D eigenvalue weighted by Gasteiger charge is -2.37. The Hall–Kier alpha value is -3.09. The summed E-state index contributed by atoms with van der Waals surface area (Å²) in [5.41, 5.74) is 2.30. The standard InChI is InChI=1S/C22H28N6O/c1-23-22(27-15-13-26(14-16-27)20-10-4-5-11-24-20)25-17-21(29)28-12-6-8-18-7-2-3-9-19(18)28/h2-5,7,9-11H,6,8,12-17H2,1H3,(H,23,25). The van der Waals surface area contributed by atoms with Gasteiger partial charge in [-0.25, -0.2) is 4.98 Å². The Balaban J connectivity index is 1.32. The number of nitrogens with zero attached hydrogens (tertiary/aromatic N) is 5. The van der Waals surface area contributed by atoms with Crippen molar-refractivity contribution in [3.05, 3.63) is 54.2 Å². The maximum absolute atomic E-state index is 12.9.